The smallest absolute Gasteiger partial charge is 0.229 e. The van der Waals surface area contributed by atoms with Crippen molar-refractivity contribution in [3.63, 3.8) is 0 Å². The molecule has 20 heavy (non-hydrogen) atoms. The number of carbonyl (C=O) groups is 1. The van der Waals surface area contributed by atoms with Crippen molar-refractivity contribution in [3.05, 3.63) is 41.4 Å². The van der Waals surface area contributed by atoms with Crippen LogP contribution in [0.3, 0.4) is 0 Å². The molecule has 0 aliphatic rings. The van der Waals surface area contributed by atoms with Crippen molar-refractivity contribution in [1.82, 2.24) is 4.98 Å². The Hall–Kier alpha value is -1.92. The Morgan fingerprint density at radius 1 is 1.45 bits per heavy atom. The first-order valence-corrected chi connectivity index (χ1v) is 7.22. The number of benzene rings is 1. The van der Waals surface area contributed by atoms with Crippen molar-refractivity contribution in [2.45, 2.75) is 19.4 Å². The first kappa shape index (κ1) is 14.5. The molecule has 2 rings (SSSR count). The number of nitrogens with one attached hydrogen (secondary N) is 1. The van der Waals surface area contributed by atoms with Gasteiger partial charge in [0.15, 0.2) is 5.13 Å². The van der Waals surface area contributed by atoms with Crippen LogP contribution in [0, 0.1) is 0 Å². The predicted octanol–water partition coefficient (Wildman–Crippen LogP) is 2.57. The molecule has 1 aromatic carbocycles. The highest BCUT2D eigenvalue weighted by atomic mass is 32.1. The fourth-order valence-corrected chi connectivity index (χ4v) is 2.34. The molecule has 1 unspecified atom stereocenters. The maximum absolute atomic E-state index is 11.7. The lowest BCUT2D eigenvalue weighted by Gasteiger charge is -2.05. The van der Waals surface area contributed by atoms with Gasteiger partial charge < -0.3 is 15.8 Å². The zero-order chi connectivity index (χ0) is 14.4. The van der Waals surface area contributed by atoms with Crippen molar-refractivity contribution in [3.8, 4) is 5.75 Å². The molecule has 2 aromatic rings. The Kier molecular flexibility index (Phi) is 5.09. The van der Waals surface area contributed by atoms with Crippen LogP contribution in [0.15, 0.2) is 35.7 Å². The van der Waals surface area contributed by atoms with Crippen molar-refractivity contribution in [2.75, 3.05) is 11.9 Å². The highest BCUT2D eigenvalue weighted by Crippen LogP contribution is 2.19. The molecule has 0 saturated heterocycles. The van der Waals surface area contributed by atoms with E-state index in [1.165, 1.54) is 11.3 Å². The number of nitrogens with zero attached hydrogens (tertiary/aromatic N) is 1. The first-order valence-electron chi connectivity index (χ1n) is 6.34. The van der Waals surface area contributed by atoms with Gasteiger partial charge in [-0.3, -0.25) is 4.79 Å². The second-order valence-corrected chi connectivity index (χ2v) is 5.18. The van der Waals surface area contributed by atoms with E-state index < -0.39 is 0 Å². The second kappa shape index (κ2) is 7.02. The van der Waals surface area contributed by atoms with Crippen LogP contribution in [-0.4, -0.2) is 17.5 Å². The van der Waals surface area contributed by atoms with Crippen LogP contribution >= 0.6 is 11.3 Å². The molecule has 1 heterocycles. The van der Waals surface area contributed by atoms with E-state index in [0.29, 0.717) is 11.7 Å². The number of hydrogen-bond acceptors (Lipinski definition) is 5. The number of rotatable bonds is 6. The zero-order valence-corrected chi connectivity index (χ0v) is 12.0. The van der Waals surface area contributed by atoms with Crippen LogP contribution in [0.2, 0.25) is 0 Å². The summed E-state index contributed by atoms with van der Waals surface area (Å²) in [6, 6.07) is 9.28. The first-order chi connectivity index (χ1) is 9.65. The van der Waals surface area contributed by atoms with Gasteiger partial charge in [-0.2, -0.15) is 0 Å². The van der Waals surface area contributed by atoms with Crippen LogP contribution in [0.4, 0.5) is 5.13 Å². The monoisotopic (exact) mass is 291 g/mol. The van der Waals surface area contributed by atoms with E-state index in [1.54, 1.807) is 0 Å². The van der Waals surface area contributed by atoms with Crippen LogP contribution < -0.4 is 15.8 Å². The third-order valence-corrected chi connectivity index (χ3v) is 3.35. The molecular formula is C14H17N3O2S. The molecule has 3 N–H and O–H groups in total. The summed E-state index contributed by atoms with van der Waals surface area (Å²) in [4.78, 5) is 16.0. The van der Waals surface area contributed by atoms with Gasteiger partial charge in [0, 0.05) is 11.4 Å². The van der Waals surface area contributed by atoms with Crippen LogP contribution in [0.5, 0.6) is 5.75 Å². The third kappa shape index (κ3) is 4.32. The molecule has 0 aliphatic heterocycles. The van der Waals surface area contributed by atoms with Gasteiger partial charge >= 0.3 is 0 Å². The van der Waals surface area contributed by atoms with Crippen molar-refractivity contribution >= 4 is 22.4 Å². The molecule has 6 heteroatoms. The minimum atomic E-state index is -0.127. The average molecular weight is 291 g/mol. The molecular weight excluding hydrogens is 274 g/mol. The molecule has 0 saturated carbocycles. The van der Waals surface area contributed by atoms with E-state index in [2.05, 4.69) is 10.3 Å². The second-order valence-electron chi connectivity index (χ2n) is 4.33. The average Bonchev–Trinajstić information content (AvgIpc) is 2.88. The maximum Gasteiger partial charge on any atom is 0.229 e. The lowest BCUT2D eigenvalue weighted by molar-refractivity contribution is -0.116. The Morgan fingerprint density at radius 3 is 2.85 bits per heavy atom. The van der Waals surface area contributed by atoms with Gasteiger partial charge in [0.25, 0.3) is 0 Å². The summed E-state index contributed by atoms with van der Waals surface area (Å²) in [6.07, 6.45) is 0.280. The standard InChI is InChI=1S/C14H17N3O2S/c1-10(15)12-9-20-14(16-12)17-13(18)7-8-19-11-5-3-2-4-6-11/h2-6,9-10H,7-8,15H2,1H3,(H,16,17,18). The number of thiazole rings is 1. The Balaban J connectivity index is 1.75. The summed E-state index contributed by atoms with van der Waals surface area (Å²) in [6.45, 7) is 2.19. The fourth-order valence-electron chi connectivity index (χ4n) is 1.51. The molecule has 106 valence electrons. The lowest BCUT2D eigenvalue weighted by atomic mass is 10.3. The quantitative estimate of drug-likeness (QED) is 0.857. The summed E-state index contributed by atoms with van der Waals surface area (Å²) in [5.74, 6) is 0.639. The van der Waals surface area contributed by atoms with Gasteiger partial charge in [0.1, 0.15) is 5.75 Å². The van der Waals surface area contributed by atoms with Gasteiger partial charge in [-0.1, -0.05) is 18.2 Å². The summed E-state index contributed by atoms with van der Waals surface area (Å²) >= 11 is 1.37. The summed E-state index contributed by atoms with van der Waals surface area (Å²) in [5, 5.41) is 5.16. The number of ether oxygens (including phenoxy) is 1. The summed E-state index contributed by atoms with van der Waals surface area (Å²) < 4.78 is 5.46. The van der Waals surface area contributed by atoms with Gasteiger partial charge in [-0.25, -0.2) is 4.98 Å². The Labute approximate surface area is 121 Å². The summed E-state index contributed by atoms with van der Waals surface area (Å²) in [5.41, 5.74) is 6.50. The number of aromatic nitrogens is 1. The largest absolute Gasteiger partial charge is 0.493 e. The van der Waals surface area contributed by atoms with E-state index in [4.69, 9.17) is 10.5 Å². The van der Waals surface area contributed by atoms with Crippen LogP contribution in [-0.2, 0) is 4.79 Å². The molecule has 0 bridgehead atoms. The molecule has 5 nitrogen and oxygen atoms in total. The SMILES string of the molecule is CC(N)c1csc(NC(=O)CCOc2ccccc2)n1. The number of para-hydroxylation sites is 1. The molecule has 0 radical (unpaired) electrons. The molecule has 1 aromatic heterocycles. The molecule has 1 amide bonds. The highest BCUT2D eigenvalue weighted by molar-refractivity contribution is 7.13. The van der Waals surface area contributed by atoms with Crippen LogP contribution in [0.1, 0.15) is 25.1 Å². The van der Waals surface area contributed by atoms with E-state index in [1.807, 2.05) is 42.6 Å². The third-order valence-electron chi connectivity index (χ3n) is 2.58. The Morgan fingerprint density at radius 2 is 2.20 bits per heavy atom. The topological polar surface area (TPSA) is 77.2 Å². The fraction of sp³-hybridized carbons (Fsp3) is 0.286. The zero-order valence-electron chi connectivity index (χ0n) is 11.2. The van der Waals surface area contributed by atoms with E-state index in [-0.39, 0.29) is 18.4 Å². The molecule has 0 aliphatic carbocycles. The van der Waals surface area contributed by atoms with Gasteiger partial charge in [0.2, 0.25) is 5.91 Å². The van der Waals surface area contributed by atoms with Crippen LogP contribution in [0.25, 0.3) is 0 Å². The van der Waals surface area contributed by atoms with Gasteiger partial charge in [-0.15, -0.1) is 11.3 Å². The normalized spacial score (nSPS) is 11.9. The van der Waals surface area contributed by atoms with Crippen molar-refractivity contribution < 1.29 is 9.53 Å². The maximum atomic E-state index is 11.7. The minimum absolute atomic E-state index is 0.119. The summed E-state index contributed by atoms with van der Waals surface area (Å²) in [7, 11) is 0. The number of carbonyl (C=O) groups excluding carboxylic acids is 1. The molecule has 1 atom stereocenters. The van der Waals surface area contributed by atoms with Crippen molar-refractivity contribution in [1.29, 1.82) is 0 Å². The number of nitrogens with two attached hydrogens (primary N) is 1. The predicted molar refractivity (Wildman–Crippen MR) is 79.9 cm³/mol. The van der Waals surface area contributed by atoms with E-state index >= 15 is 0 Å². The van der Waals surface area contributed by atoms with E-state index in [0.717, 1.165) is 11.4 Å². The number of amides is 1. The highest BCUT2D eigenvalue weighted by Gasteiger charge is 2.09. The lowest BCUT2D eigenvalue weighted by Crippen LogP contribution is -2.15. The van der Waals surface area contributed by atoms with E-state index in [9.17, 15) is 4.79 Å². The molecule has 0 spiro atoms. The van der Waals surface area contributed by atoms with Gasteiger partial charge in [0.05, 0.1) is 18.7 Å². The van der Waals surface area contributed by atoms with Gasteiger partial charge in [-0.05, 0) is 19.1 Å². The minimum Gasteiger partial charge on any atom is -0.493 e. The Bertz CT molecular complexity index is 555. The molecule has 0 fully saturated rings. The number of anilines is 1. The van der Waals surface area contributed by atoms with Crippen molar-refractivity contribution in [2.24, 2.45) is 5.73 Å². The number of hydrogen-bond donors (Lipinski definition) is 2.